The summed E-state index contributed by atoms with van der Waals surface area (Å²) in [5.41, 5.74) is 0.296. The Kier molecular flexibility index (Phi) is 4.83. The van der Waals surface area contributed by atoms with E-state index in [0.29, 0.717) is 12.1 Å². The van der Waals surface area contributed by atoms with Crippen molar-refractivity contribution in [1.29, 1.82) is 0 Å². The van der Waals surface area contributed by atoms with Crippen LogP contribution in [0.25, 0.3) is 0 Å². The number of nitrogens with zero attached hydrogens (tertiary/aromatic N) is 1. The summed E-state index contributed by atoms with van der Waals surface area (Å²) in [6.07, 6.45) is 0.854. The van der Waals surface area contributed by atoms with Gasteiger partial charge in [0.1, 0.15) is 0 Å². The Bertz CT molecular complexity index is 744. The molecule has 0 bridgehead atoms. The predicted octanol–water partition coefficient (Wildman–Crippen LogP) is -1.10. The summed E-state index contributed by atoms with van der Waals surface area (Å²) in [6.45, 7) is 1.88. The molecule has 9 heteroatoms. The molecule has 2 amide bonds. The van der Waals surface area contributed by atoms with Gasteiger partial charge in [0.25, 0.3) is 5.91 Å². The van der Waals surface area contributed by atoms with Gasteiger partial charge >= 0.3 is 0 Å². The summed E-state index contributed by atoms with van der Waals surface area (Å²) in [7, 11) is -3.80. The number of carbonyl (C=O) groups is 2. The summed E-state index contributed by atoms with van der Waals surface area (Å²) in [5.74, 6) is -0.621. The van der Waals surface area contributed by atoms with Crippen LogP contribution in [0.4, 0.5) is 0 Å². The van der Waals surface area contributed by atoms with E-state index < -0.39 is 10.0 Å². The zero-order chi connectivity index (χ0) is 17.2. The number of amides is 2. The number of hydrogen-bond acceptors (Lipinski definition) is 5. The molecule has 0 saturated carbocycles. The highest BCUT2D eigenvalue weighted by Crippen LogP contribution is 2.18. The lowest BCUT2D eigenvalue weighted by molar-refractivity contribution is -0.122. The third kappa shape index (κ3) is 3.58. The van der Waals surface area contributed by atoms with E-state index in [4.69, 9.17) is 0 Å². The van der Waals surface area contributed by atoms with E-state index in [9.17, 15) is 18.0 Å². The Balaban J connectivity index is 1.78. The second kappa shape index (κ2) is 6.88. The molecule has 130 valence electrons. The summed E-state index contributed by atoms with van der Waals surface area (Å²) < 4.78 is 26.4. The van der Waals surface area contributed by atoms with Gasteiger partial charge in [0.2, 0.25) is 15.9 Å². The molecule has 3 rings (SSSR count). The SMILES string of the molecule is O=C1CN(S(=O)(=O)c2cccc(C(=O)NC3CCNC3)c2)CCN1. The van der Waals surface area contributed by atoms with Gasteiger partial charge in [-0.05, 0) is 31.2 Å². The third-order valence-corrected chi connectivity index (χ3v) is 5.97. The van der Waals surface area contributed by atoms with E-state index in [-0.39, 0.29) is 42.4 Å². The van der Waals surface area contributed by atoms with Gasteiger partial charge in [0.15, 0.2) is 0 Å². The molecule has 0 spiro atoms. The average molecular weight is 352 g/mol. The first-order valence-electron chi connectivity index (χ1n) is 7.85. The summed E-state index contributed by atoms with van der Waals surface area (Å²) in [5, 5.41) is 8.63. The van der Waals surface area contributed by atoms with Crippen molar-refractivity contribution in [3.63, 3.8) is 0 Å². The summed E-state index contributed by atoms with van der Waals surface area (Å²) in [4.78, 5) is 23.8. The molecule has 2 fully saturated rings. The van der Waals surface area contributed by atoms with Crippen LogP contribution in [0.3, 0.4) is 0 Å². The van der Waals surface area contributed by atoms with E-state index >= 15 is 0 Å². The normalized spacial score (nSPS) is 22.2. The molecule has 1 aromatic carbocycles. The Morgan fingerprint density at radius 1 is 1.29 bits per heavy atom. The van der Waals surface area contributed by atoms with E-state index in [1.807, 2.05) is 0 Å². The van der Waals surface area contributed by atoms with Crippen molar-refractivity contribution < 1.29 is 18.0 Å². The van der Waals surface area contributed by atoms with E-state index in [2.05, 4.69) is 16.0 Å². The van der Waals surface area contributed by atoms with Crippen LogP contribution < -0.4 is 16.0 Å². The van der Waals surface area contributed by atoms with Gasteiger partial charge in [0, 0.05) is 31.2 Å². The monoisotopic (exact) mass is 352 g/mol. The Labute approximate surface area is 140 Å². The fraction of sp³-hybridized carbons (Fsp3) is 0.467. The van der Waals surface area contributed by atoms with Crippen LogP contribution in [0.1, 0.15) is 16.8 Å². The molecule has 2 heterocycles. The Morgan fingerprint density at radius 3 is 2.83 bits per heavy atom. The first-order valence-corrected chi connectivity index (χ1v) is 9.29. The second-order valence-corrected chi connectivity index (χ2v) is 7.82. The van der Waals surface area contributed by atoms with E-state index in [1.54, 1.807) is 12.1 Å². The number of hydrogen-bond donors (Lipinski definition) is 3. The fourth-order valence-corrected chi connectivity index (χ4v) is 4.26. The molecule has 8 nitrogen and oxygen atoms in total. The molecular weight excluding hydrogens is 332 g/mol. The molecule has 1 aromatic rings. The van der Waals surface area contributed by atoms with Crippen LogP contribution in [0.5, 0.6) is 0 Å². The van der Waals surface area contributed by atoms with E-state index in [1.165, 1.54) is 12.1 Å². The van der Waals surface area contributed by atoms with Crippen LogP contribution >= 0.6 is 0 Å². The molecular formula is C15H20N4O4S. The maximum Gasteiger partial charge on any atom is 0.251 e. The highest BCUT2D eigenvalue weighted by atomic mass is 32.2. The molecule has 0 radical (unpaired) electrons. The molecule has 2 aliphatic heterocycles. The number of benzene rings is 1. The largest absolute Gasteiger partial charge is 0.354 e. The Hall–Kier alpha value is -1.97. The number of piperazine rings is 1. The lowest BCUT2D eigenvalue weighted by atomic mass is 10.2. The molecule has 1 unspecified atom stereocenters. The molecule has 0 aliphatic carbocycles. The number of sulfonamides is 1. The van der Waals surface area contributed by atoms with Crippen molar-refractivity contribution in [1.82, 2.24) is 20.3 Å². The number of rotatable bonds is 4. The van der Waals surface area contributed by atoms with Gasteiger partial charge in [-0.1, -0.05) is 6.07 Å². The molecule has 0 aromatic heterocycles. The second-order valence-electron chi connectivity index (χ2n) is 5.88. The standard InChI is InChI=1S/C15H20N4O4S/c20-14-10-19(7-6-17-14)24(22,23)13-3-1-2-11(8-13)15(21)18-12-4-5-16-9-12/h1-3,8,12,16H,4-7,9-10H2,(H,17,20)(H,18,21). The molecule has 3 N–H and O–H groups in total. The van der Waals surface area contributed by atoms with Crippen molar-refractivity contribution in [2.45, 2.75) is 17.4 Å². The molecule has 1 atom stereocenters. The smallest absolute Gasteiger partial charge is 0.251 e. The quantitative estimate of drug-likeness (QED) is 0.638. The lowest BCUT2D eigenvalue weighted by Gasteiger charge is -2.26. The summed E-state index contributed by atoms with van der Waals surface area (Å²) >= 11 is 0. The van der Waals surface area contributed by atoms with Gasteiger partial charge in [-0.3, -0.25) is 9.59 Å². The van der Waals surface area contributed by atoms with Crippen molar-refractivity contribution in [3.05, 3.63) is 29.8 Å². The van der Waals surface area contributed by atoms with Gasteiger partial charge in [0.05, 0.1) is 11.4 Å². The fourth-order valence-electron chi connectivity index (χ4n) is 2.81. The van der Waals surface area contributed by atoms with Gasteiger partial charge < -0.3 is 16.0 Å². The van der Waals surface area contributed by atoms with Gasteiger partial charge in [-0.25, -0.2) is 8.42 Å². The minimum atomic E-state index is -3.80. The average Bonchev–Trinajstić information content (AvgIpc) is 3.08. The molecule has 24 heavy (non-hydrogen) atoms. The molecule has 2 saturated heterocycles. The zero-order valence-corrected chi connectivity index (χ0v) is 13.9. The van der Waals surface area contributed by atoms with Crippen LogP contribution in [0.2, 0.25) is 0 Å². The first kappa shape index (κ1) is 16.9. The van der Waals surface area contributed by atoms with Gasteiger partial charge in [-0.2, -0.15) is 4.31 Å². The Morgan fingerprint density at radius 2 is 2.12 bits per heavy atom. The maximum absolute atomic E-state index is 12.7. The highest BCUT2D eigenvalue weighted by Gasteiger charge is 2.29. The van der Waals surface area contributed by atoms with Crippen molar-refractivity contribution in [3.8, 4) is 0 Å². The minimum absolute atomic E-state index is 0.0226. The van der Waals surface area contributed by atoms with Crippen LogP contribution in [-0.4, -0.2) is 63.3 Å². The molecule has 2 aliphatic rings. The lowest BCUT2D eigenvalue weighted by Crippen LogP contribution is -2.49. The van der Waals surface area contributed by atoms with Crippen molar-refractivity contribution in [2.24, 2.45) is 0 Å². The topological polar surface area (TPSA) is 108 Å². The maximum atomic E-state index is 12.7. The summed E-state index contributed by atoms with van der Waals surface area (Å²) in [6, 6.07) is 5.98. The third-order valence-electron chi connectivity index (χ3n) is 4.13. The van der Waals surface area contributed by atoms with Crippen LogP contribution in [0, 0.1) is 0 Å². The van der Waals surface area contributed by atoms with Crippen LogP contribution in [0.15, 0.2) is 29.2 Å². The number of nitrogens with one attached hydrogen (secondary N) is 3. The minimum Gasteiger partial charge on any atom is -0.354 e. The van der Waals surface area contributed by atoms with E-state index in [0.717, 1.165) is 17.3 Å². The highest BCUT2D eigenvalue weighted by molar-refractivity contribution is 7.89. The van der Waals surface area contributed by atoms with Gasteiger partial charge in [-0.15, -0.1) is 0 Å². The predicted molar refractivity (Wildman–Crippen MR) is 87.0 cm³/mol. The van der Waals surface area contributed by atoms with Crippen molar-refractivity contribution >= 4 is 21.8 Å². The number of carbonyl (C=O) groups excluding carboxylic acids is 2. The first-order chi connectivity index (χ1) is 11.5. The van der Waals surface area contributed by atoms with Crippen molar-refractivity contribution in [2.75, 3.05) is 32.7 Å². The zero-order valence-electron chi connectivity index (χ0n) is 13.1. The van der Waals surface area contributed by atoms with Crippen LogP contribution in [-0.2, 0) is 14.8 Å².